The number of rotatable bonds is 4. The first-order valence-electron chi connectivity index (χ1n) is 9.11. The second-order valence-corrected chi connectivity index (χ2v) is 7.09. The van der Waals surface area contributed by atoms with E-state index >= 15 is 0 Å². The Morgan fingerprint density at radius 1 is 1.33 bits per heavy atom. The first-order valence-corrected chi connectivity index (χ1v) is 9.49. The Morgan fingerprint density at radius 3 is 2.77 bits per heavy atom. The molecule has 0 saturated heterocycles. The van der Waals surface area contributed by atoms with Crippen LogP contribution in [0.5, 0.6) is 0 Å². The number of nitrogens with one attached hydrogen (secondary N) is 2. The summed E-state index contributed by atoms with van der Waals surface area (Å²) in [4.78, 5) is 24.0. The van der Waals surface area contributed by atoms with E-state index in [2.05, 4.69) is 37.4 Å². The Bertz CT molecular complexity index is 1010. The van der Waals surface area contributed by atoms with Crippen molar-refractivity contribution in [3.8, 4) is 11.8 Å². The summed E-state index contributed by atoms with van der Waals surface area (Å²) in [6.45, 7) is -0.265. The molecule has 1 amide bonds. The van der Waals surface area contributed by atoms with Crippen LogP contribution in [0.25, 0.3) is 0 Å². The van der Waals surface area contributed by atoms with E-state index in [1.54, 1.807) is 12.1 Å². The maximum atomic E-state index is 12.0. The Hall–Kier alpha value is -2.97. The number of nitrogens with two attached hydrogens (primary N) is 1. The first-order chi connectivity index (χ1) is 14.3. The van der Waals surface area contributed by atoms with E-state index in [9.17, 15) is 20.1 Å². The third-order valence-electron chi connectivity index (χ3n) is 4.81. The molecule has 11 heteroatoms. The standard InChI is InChI=1S/C19H21ClN6O4/c1-22-18(30)13-9(3-2-6-23-13)4-5-11-16(20)25-19(21)26-17(11)24-12-7-10(8-27)14(28)15(12)29/h2-3,6,10,12,14-15,27-29H,7-8H2,1H3,(H,22,30)(H3,21,24,25,26). The van der Waals surface area contributed by atoms with Crippen LogP contribution in [0, 0.1) is 17.8 Å². The Kier molecular flexibility index (Phi) is 6.69. The van der Waals surface area contributed by atoms with Crippen molar-refractivity contribution in [2.24, 2.45) is 5.92 Å². The molecule has 2 aromatic rings. The van der Waals surface area contributed by atoms with Gasteiger partial charge in [-0.15, -0.1) is 0 Å². The molecule has 158 valence electrons. The maximum absolute atomic E-state index is 12.0. The second kappa shape index (κ2) is 9.23. The van der Waals surface area contributed by atoms with E-state index in [-0.39, 0.29) is 34.8 Å². The minimum absolute atomic E-state index is 0.0189. The molecular weight excluding hydrogens is 412 g/mol. The molecule has 3 rings (SSSR count). The highest BCUT2D eigenvalue weighted by Crippen LogP contribution is 2.30. The highest BCUT2D eigenvalue weighted by molar-refractivity contribution is 6.31. The quantitative estimate of drug-likeness (QED) is 0.272. The maximum Gasteiger partial charge on any atom is 0.270 e. The van der Waals surface area contributed by atoms with Gasteiger partial charge in [0, 0.05) is 25.8 Å². The fourth-order valence-electron chi connectivity index (χ4n) is 3.22. The predicted molar refractivity (Wildman–Crippen MR) is 110 cm³/mol. The molecule has 4 atom stereocenters. The summed E-state index contributed by atoms with van der Waals surface area (Å²) >= 11 is 6.22. The molecular formula is C19H21ClN6O4. The summed E-state index contributed by atoms with van der Waals surface area (Å²) in [7, 11) is 1.49. The van der Waals surface area contributed by atoms with Gasteiger partial charge in [-0.25, -0.2) is 4.98 Å². The molecule has 0 radical (unpaired) electrons. The van der Waals surface area contributed by atoms with Crippen LogP contribution in [-0.2, 0) is 0 Å². The third kappa shape index (κ3) is 4.44. The van der Waals surface area contributed by atoms with Gasteiger partial charge in [0.15, 0.2) is 5.15 Å². The van der Waals surface area contributed by atoms with Gasteiger partial charge in [0.05, 0.1) is 17.7 Å². The minimum atomic E-state index is -1.13. The van der Waals surface area contributed by atoms with Crippen molar-refractivity contribution >= 4 is 29.3 Å². The van der Waals surface area contributed by atoms with Crippen molar-refractivity contribution < 1.29 is 20.1 Å². The number of carbonyl (C=O) groups is 1. The van der Waals surface area contributed by atoms with Gasteiger partial charge in [-0.2, -0.15) is 9.97 Å². The topological polar surface area (TPSA) is 167 Å². The van der Waals surface area contributed by atoms with Crippen LogP contribution in [0.15, 0.2) is 18.3 Å². The molecule has 1 aliphatic carbocycles. The molecule has 1 fully saturated rings. The summed E-state index contributed by atoms with van der Waals surface area (Å²) in [5, 5.41) is 35.1. The number of aliphatic hydroxyl groups is 3. The van der Waals surface area contributed by atoms with Crippen LogP contribution >= 0.6 is 11.6 Å². The number of aromatic nitrogens is 3. The molecule has 2 aromatic heterocycles. The summed E-state index contributed by atoms with van der Waals surface area (Å²) in [6, 6.07) is 2.66. The predicted octanol–water partition coefficient (Wildman–Crippen LogP) is -0.619. The highest BCUT2D eigenvalue weighted by atomic mass is 35.5. The number of nitrogens with zero attached hydrogens (tertiary/aromatic N) is 3. The highest BCUT2D eigenvalue weighted by Gasteiger charge is 2.41. The smallest absolute Gasteiger partial charge is 0.270 e. The van der Waals surface area contributed by atoms with E-state index in [0.29, 0.717) is 12.0 Å². The largest absolute Gasteiger partial charge is 0.396 e. The lowest BCUT2D eigenvalue weighted by molar-refractivity contribution is 0.00445. The number of halogens is 1. The number of carbonyl (C=O) groups excluding carboxylic acids is 1. The van der Waals surface area contributed by atoms with E-state index in [4.69, 9.17) is 17.3 Å². The lowest BCUT2D eigenvalue weighted by Gasteiger charge is -2.19. The minimum Gasteiger partial charge on any atom is -0.396 e. The molecule has 10 nitrogen and oxygen atoms in total. The van der Waals surface area contributed by atoms with Gasteiger partial charge < -0.3 is 31.7 Å². The van der Waals surface area contributed by atoms with Gasteiger partial charge in [-0.1, -0.05) is 23.4 Å². The molecule has 4 unspecified atom stereocenters. The number of pyridine rings is 1. The number of anilines is 2. The molecule has 0 aromatic carbocycles. The molecule has 7 N–H and O–H groups in total. The van der Waals surface area contributed by atoms with Crippen molar-refractivity contribution in [1.82, 2.24) is 20.3 Å². The molecule has 2 heterocycles. The van der Waals surface area contributed by atoms with Gasteiger partial charge in [0.25, 0.3) is 5.91 Å². The van der Waals surface area contributed by atoms with Crippen molar-refractivity contribution in [2.75, 3.05) is 24.7 Å². The average molecular weight is 433 g/mol. The van der Waals surface area contributed by atoms with E-state index in [1.807, 2.05) is 0 Å². The lowest BCUT2D eigenvalue weighted by Crippen LogP contribution is -2.35. The summed E-state index contributed by atoms with van der Waals surface area (Å²) in [5.41, 5.74) is 6.41. The van der Waals surface area contributed by atoms with E-state index in [1.165, 1.54) is 13.2 Å². The Labute approximate surface area is 177 Å². The van der Waals surface area contributed by atoms with Gasteiger partial charge >= 0.3 is 0 Å². The Morgan fingerprint density at radius 2 is 2.10 bits per heavy atom. The van der Waals surface area contributed by atoms with E-state index < -0.39 is 30.1 Å². The molecule has 30 heavy (non-hydrogen) atoms. The van der Waals surface area contributed by atoms with Crippen molar-refractivity contribution in [3.05, 3.63) is 40.3 Å². The van der Waals surface area contributed by atoms with Crippen LogP contribution in [0.2, 0.25) is 5.15 Å². The zero-order chi connectivity index (χ0) is 21.8. The van der Waals surface area contributed by atoms with Crippen LogP contribution in [-0.4, -0.2) is 68.1 Å². The van der Waals surface area contributed by atoms with Crippen molar-refractivity contribution in [2.45, 2.75) is 24.7 Å². The van der Waals surface area contributed by atoms with Crippen molar-refractivity contribution in [3.63, 3.8) is 0 Å². The molecule has 1 aliphatic rings. The molecule has 0 aliphatic heterocycles. The Balaban J connectivity index is 1.97. The monoisotopic (exact) mass is 432 g/mol. The zero-order valence-electron chi connectivity index (χ0n) is 16.0. The number of hydrogen-bond acceptors (Lipinski definition) is 9. The van der Waals surface area contributed by atoms with Crippen LogP contribution in [0.3, 0.4) is 0 Å². The second-order valence-electron chi connectivity index (χ2n) is 6.74. The van der Waals surface area contributed by atoms with Gasteiger partial charge in [-0.05, 0) is 18.6 Å². The number of hydrogen-bond donors (Lipinski definition) is 6. The summed E-state index contributed by atoms with van der Waals surface area (Å²) in [6.07, 6.45) is -0.429. The molecule has 0 bridgehead atoms. The van der Waals surface area contributed by atoms with Crippen LogP contribution in [0.4, 0.5) is 11.8 Å². The van der Waals surface area contributed by atoms with Gasteiger partial charge in [0.2, 0.25) is 5.95 Å². The SMILES string of the molecule is CNC(=O)c1ncccc1C#Cc1c(Cl)nc(N)nc1NC1CC(CO)C(O)C1O. The normalized spacial score (nSPS) is 22.8. The average Bonchev–Trinajstić information content (AvgIpc) is 3.00. The van der Waals surface area contributed by atoms with Crippen molar-refractivity contribution in [1.29, 1.82) is 0 Å². The van der Waals surface area contributed by atoms with Crippen LogP contribution < -0.4 is 16.4 Å². The van der Waals surface area contributed by atoms with Gasteiger partial charge in [0.1, 0.15) is 23.2 Å². The number of aliphatic hydroxyl groups excluding tert-OH is 3. The lowest BCUT2D eigenvalue weighted by atomic mass is 10.1. The summed E-state index contributed by atoms with van der Waals surface area (Å²) in [5.74, 6) is 4.86. The molecule has 1 saturated carbocycles. The van der Waals surface area contributed by atoms with Gasteiger partial charge in [-0.3, -0.25) is 4.79 Å². The summed E-state index contributed by atoms with van der Waals surface area (Å²) < 4.78 is 0. The van der Waals surface area contributed by atoms with E-state index in [0.717, 1.165) is 0 Å². The number of amides is 1. The molecule has 0 spiro atoms. The van der Waals surface area contributed by atoms with Crippen LogP contribution in [0.1, 0.15) is 28.0 Å². The fraction of sp³-hybridized carbons (Fsp3) is 0.368. The number of nitrogen functional groups attached to an aromatic ring is 1. The third-order valence-corrected chi connectivity index (χ3v) is 5.09. The fourth-order valence-corrected chi connectivity index (χ4v) is 3.45. The first kappa shape index (κ1) is 21.7. The zero-order valence-corrected chi connectivity index (χ0v) is 16.8.